The van der Waals surface area contributed by atoms with Crippen LogP contribution in [0.15, 0.2) is 65.8 Å². The van der Waals surface area contributed by atoms with Gasteiger partial charge in [-0.05, 0) is 38.1 Å². The Kier molecular flexibility index (Phi) is 5.10. The Hall–Kier alpha value is -2.62. The van der Waals surface area contributed by atoms with Crippen LogP contribution in [0.3, 0.4) is 0 Å². The number of hydrogen-bond donors (Lipinski definition) is 0. The Bertz CT molecular complexity index is 570. The molecule has 0 aliphatic carbocycles. The van der Waals surface area contributed by atoms with E-state index in [1.807, 2.05) is 60.7 Å². The first-order valence-corrected chi connectivity index (χ1v) is 6.85. The van der Waals surface area contributed by atoms with E-state index in [4.69, 9.17) is 4.74 Å². The first-order chi connectivity index (χ1) is 10.2. The second kappa shape index (κ2) is 7.24. The fourth-order valence-electron chi connectivity index (χ4n) is 1.83. The Morgan fingerprint density at radius 2 is 1.48 bits per heavy atom. The first-order valence-electron chi connectivity index (χ1n) is 6.85. The van der Waals surface area contributed by atoms with Crippen LogP contribution in [0.25, 0.3) is 0 Å². The molecule has 0 aliphatic heterocycles. The highest BCUT2D eigenvalue weighted by atomic mass is 16.5. The summed E-state index contributed by atoms with van der Waals surface area (Å²) in [6.07, 6.45) is 0. The minimum absolute atomic E-state index is 0.310. The van der Waals surface area contributed by atoms with Crippen LogP contribution in [0.5, 0.6) is 0 Å². The van der Waals surface area contributed by atoms with E-state index in [1.54, 1.807) is 18.9 Å². The lowest BCUT2D eigenvalue weighted by atomic mass is 10.2. The highest BCUT2D eigenvalue weighted by Crippen LogP contribution is 2.25. The van der Waals surface area contributed by atoms with Gasteiger partial charge in [0.25, 0.3) is 0 Å². The van der Waals surface area contributed by atoms with Crippen LogP contribution >= 0.6 is 0 Å². The van der Waals surface area contributed by atoms with Crippen molar-refractivity contribution < 1.29 is 9.53 Å². The molecular weight excluding hydrogens is 264 g/mol. The number of rotatable bonds is 5. The maximum absolute atomic E-state index is 11.8. The molecule has 2 aromatic rings. The number of nitrogens with zero attached hydrogens (tertiary/aromatic N) is 2. The van der Waals surface area contributed by atoms with E-state index in [1.165, 1.54) is 0 Å². The summed E-state index contributed by atoms with van der Waals surface area (Å²) in [5.41, 5.74) is 2.07. The summed E-state index contributed by atoms with van der Waals surface area (Å²) >= 11 is 0. The van der Waals surface area contributed by atoms with Crippen LogP contribution in [0.2, 0.25) is 0 Å². The molecule has 0 radical (unpaired) electrons. The number of hydrazone groups is 1. The average molecular weight is 282 g/mol. The van der Waals surface area contributed by atoms with Crippen molar-refractivity contribution in [2.45, 2.75) is 13.8 Å². The smallest absolute Gasteiger partial charge is 0.354 e. The number of hydrogen-bond acceptors (Lipinski definition) is 4. The van der Waals surface area contributed by atoms with E-state index in [0.29, 0.717) is 12.3 Å². The van der Waals surface area contributed by atoms with Gasteiger partial charge in [-0.2, -0.15) is 5.10 Å². The normalized spacial score (nSPS) is 11.0. The second-order valence-corrected chi connectivity index (χ2v) is 4.39. The molecule has 0 saturated carbocycles. The van der Waals surface area contributed by atoms with Gasteiger partial charge < -0.3 is 4.74 Å². The minimum Gasteiger partial charge on any atom is -0.461 e. The quantitative estimate of drug-likeness (QED) is 0.476. The number of esters is 1. The van der Waals surface area contributed by atoms with Gasteiger partial charge in [0.1, 0.15) is 5.71 Å². The molecule has 0 aromatic heterocycles. The van der Waals surface area contributed by atoms with Gasteiger partial charge in [0, 0.05) is 0 Å². The number of carbonyl (C=O) groups excluding carboxylic acids is 1. The van der Waals surface area contributed by atoms with Crippen LogP contribution in [0.4, 0.5) is 11.4 Å². The summed E-state index contributed by atoms with van der Waals surface area (Å²) in [6, 6.07) is 19.4. The molecule has 2 rings (SSSR count). The molecule has 2 aromatic carbocycles. The number of carbonyl (C=O) groups is 1. The number of para-hydroxylation sites is 2. The summed E-state index contributed by atoms with van der Waals surface area (Å²) in [6.45, 7) is 3.76. The van der Waals surface area contributed by atoms with Crippen molar-refractivity contribution in [2.24, 2.45) is 5.10 Å². The molecule has 0 atom stereocenters. The zero-order valence-corrected chi connectivity index (χ0v) is 12.2. The minimum atomic E-state index is -0.408. The van der Waals surface area contributed by atoms with Gasteiger partial charge in [-0.25, -0.2) is 9.80 Å². The van der Waals surface area contributed by atoms with Crippen LogP contribution in [0, 0.1) is 0 Å². The van der Waals surface area contributed by atoms with Crippen molar-refractivity contribution >= 4 is 23.1 Å². The molecule has 0 amide bonds. The van der Waals surface area contributed by atoms with E-state index < -0.39 is 5.97 Å². The standard InChI is InChI=1S/C17H18N2O2/c1-3-21-17(20)14(2)18-19(15-10-6-4-7-11-15)16-12-8-5-9-13-16/h4-13H,3H2,1-2H3. The zero-order valence-electron chi connectivity index (χ0n) is 12.2. The maximum atomic E-state index is 11.8. The van der Waals surface area contributed by atoms with Crippen molar-refractivity contribution in [1.82, 2.24) is 0 Å². The molecule has 0 aliphatic rings. The van der Waals surface area contributed by atoms with Crippen molar-refractivity contribution in [1.29, 1.82) is 0 Å². The van der Waals surface area contributed by atoms with Crippen LogP contribution < -0.4 is 5.01 Å². The molecule has 0 fully saturated rings. The highest BCUT2D eigenvalue weighted by Gasteiger charge is 2.12. The van der Waals surface area contributed by atoms with Gasteiger partial charge >= 0.3 is 5.97 Å². The Balaban J connectivity index is 2.38. The number of benzene rings is 2. The van der Waals surface area contributed by atoms with Gasteiger partial charge in [-0.3, -0.25) is 0 Å². The van der Waals surface area contributed by atoms with E-state index in [-0.39, 0.29) is 0 Å². The van der Waals surface area contributed by atoms with Crippen molar-refractivity contribution in [2.75, 3.05) is 11.6 Å². The van der Waals surface area contributed by atoms with Crippen molar-refractivity contribution in [3.05, 3.63) is 60.7 Å². The van der Waals surface area contributed by atoms with E-state index in [0.717, 1.165) is 11.4 Å². The SMILES string of the molecule is CCOC(=O)C(C)=NN(c1ccccc1)c1ccccc1. The van der Waals surface area contributed by atoms with Crippen LogP contribution in [-0.4, -0.2) is 18.3 Å². The molecule has 0 bridgehead atoms. The second-order valence-electron chi connectivity index (χ2n) is 4.39. The average Bonchev–Trinajstić information content (AvgIpc) is 2.54. The molecule has 0 saturated heterocycles. The summed E-state index contributed by atoms with van der Waals surface area (Å²) in [5, 5.41) is 6.14. The summed E-state index contributed by atoms with van der Waals surface area (Å²) in [5.74, 6) is -0.408. The largest absolute Gasteiger partial charge is 0.461 e. The van der Waals surface area contributed by atoms with Gasteiger partial charge in [0.15, 0.2) is 0 Å². The Morgan fingerprint density at radius 3 is 1.90 bits per heavy atom. The number of anilines is 2. The van der Waals surface area contributed by atoms with E-state index in [2.05, 4.69) is 5.10 Å². The Morgan fingerprint density at radius 1 is 1.00 bits per heavy atom. The summed E-state index contributed by atoms with van der Waals surface area (Å²) in [7, 11) is 0. The van der Waals surface area contributed by atoms with Crippen molar-refractivity contribution in [3.63, 3.8) is 0 Å². The third kappa shape index (κ3) is 3.92. The lowest BCUT2D eigenvalue weighted by molar-refractivity contribution is -0.135. The molecule has 0 N–H and O–H groups in total. The molecular formula is C17H18N2O2. The molecule has 21 heavy (non-hydrogen) atoms. The molecule has 0 heterocycles. The van der Waals surface area contributed by atoms with Gasteiger partial charge in [0.2, 0.25) is 0 Å². The zero-order chi connectivity index (χ0) is 15.1. The van der Waals surface area contributed by atoms with Crippen LogP contribution in [0.1, 0.15) is 13.8 Å². The topological polar surface area (TPSA) is 41.9 Å². The van der Waals surface area contributed by atoms with E-state index in [9.17, 15) is 4.79 Å². The molecule has 0 unspecified atom stereocenters. The monoisotopic (exact) mass is 282 g/mol. The van der Waals surface area contributed by atoms with Gasteiger partial charge in [-0.15, -0.1) is 0 Å². The molecule has 4 nitrogen and oxygen atoms in total. The predicted molar refractivity (Wildman–Crippen MR) is 84.8 cm³/mol. The summed E-state index contributed by atoms with van der Waals surface area (Å²) < 4.78 is 4.98. The fourth-order valence-corrected chi connectivity index (χ4v) is 1.83. The highest BCUT2D eigenvalue weighted by molar-refractivity contribution is 6.35. The van der Waals surface area contributed by atoms with Crippen molar-refractivity contribution in [3.8, 4) is 0 Å². The lowest BCUT2D eigenvalue weighted by Crippen LogP contribution is -2.19. The van der Waals surface area contributed by atoms with Gasteiger partial charge in [-0.1, -0.05) is 36.4 Å². The third-order valence-electron chi connectivity index (χ3n) is 2.82. The maximum Gasteiger partial charge on any atom is 0.354 e. The molecule has 4 heteroatoms. The predicted octanol–water partition coefficient (Wildman–Crippen LogP) is 3.76. The van der Waals surface area contributed by atoms with Crippen LogP contribution in [-0.2, 0) is 9.53 Å². The molecule has 0 spiro atoms. The summed E-state index contributed by atoms with van der Waals surface area (Å²) in [4.78, 5) is 11.8. The first kappa shape index (κ1) is 14.8. The molecule has 108 valence electrons. The number of ether oxygens (including phenoxy) is 1. The lowest BCUT2D eigenvalue weighted by Gasteiger charge is -2.20. The third-order valence-corrected chi connectivity index (χ3v) is 2.82. The van der Waals surface area contributed by atoms with E-state index >= 15 is 0 Å². The van der Waals surface area contributed by atoms with Gasteiger partial charge in [0.05, 0.1) is 18.0 Å². The Labute approximate surface area is 124 Å². The fraction of sp³-hybridized carbons (Fsp3) is 0.176.